The van der Waals surface area contributed by atoms with Gasteiger partial charge in [0.2, 0.25) is 0 Å². The van der Waals surface area contributed by atoms with Crippen LogP contribution in [-0.2, 0) is 9.53 Å². The molecular formula is C19H19N3O3S. The Labute approximate surface area is 156 Å². The van der Waals surface area contributed by atoms with Crippen LogP contribution in [0.25, 0.3) is 17.1 Å². The molecule has 0 unspecified atom stereocenters. The Morgan fingerprint density at radius 1 is 1.08 bits per heavy atom. The van der Waals surface area contributed by atoms with E-state index in [1.165, 1.54) is 18.9 Å². The summed E-state index contributed by atoms with van der Waals surface area (Å²) < 4.78 is 12.1. The van der Waals surface area contributed by atoms with Gasteiger partial charge in [-0.3, -0.25) is 9.36 Å². The summed E-state index contributed by atoms with van der Waals surface area (Å²) in [7, 11) is 3.00. The lowest BCUT2D eigenvalue weighted by Crippen LogP contribution is -2.15. The Bertz CT molecular complexity index is 896. The number of rotatable bonds is 6. The van der Waals surface area contributed by atoms with Crippen LogP contribution >= 0.6 is 11.8 Å². The van der Waals surface area contributed by atoms with Crippen molar-refractivity contribution in [2.75, 3.05) is 14.2 Å². The number of aromatic nitrogens is 3. The molecule has 26 heavy (non-hydrogen) atoms. The Balaban J connectivity index is 2.09. The Morgan fingerprint density at radius 3 is 2.54 bits per heavy atom. The third kappa shape index (κ3) is 3.72. The van der Waals surface area contributed by atoms with Gasteiger partial charge in [0, 0.05) is 11.3 Å². The molecule has 0 bridgehead atoms. The van der Waals surface area contributed by atoms with E-state index in [1.54, 1.807) is 14.0 Å². The van der Waals surface area contributed by atoms with Gasteiger partial charge in [0.1, 0.15) is 11.0 Å². The van der Waals surface area contributed by atoms with E-state index in [4.69, 9.17) is 9.47 Å². The number of carbonyl (C=O) groups excluding carboxylic acids is 1. The molecule has 0 saturated heterocycles. The minimum absolute atomic E-state index is 0.305. The molecular weight excluding hydrogens is 350 g/mol. The van der Waals surface area contributed by atoms with E-state index < -0.39 is 5.25 Å². The lowest BCUT2D eigenvalue weighted by atomic mass is 10.2. The highest BCUT2D eigenvalue weighted by Gasteiger charge is 2.22. The topological polar surface area (TPSA) is 66.2 Å². The second-order valence-electron chi connectivity index (χ2n) is 5.49. The zero-order valence-electron chi connectivity index (χ0n) is 14.7. The highest BCUT2D eigenvalue weighted by Crippen LogP contribution is 2.31. The predicted octanol–water partition coefficient (Wildman–Crippen LogP) is 3.60. The first-order chi connectivity index (χ1) is 12.6. The first-order valence-electron chi connectivity index (χ1n) is 8.03. The monoisotopic (exact) mass is 369 g/mol. The van der Waals surface area contributed by atoms with Crippen molar-refractivity contribution in [3.8, 4) is 22.8 Å². The molecule has 0 saturated carbocycles. The van der Waals surface area contributed by atoms with Gasteiger partial charge in [0.05, 0.1) is 14.2 Å². The molecule has 6 nitrogen and oxygen atoms in total. The summed E-state index contributed by atoms with van der Waals surface area (Å²) in [6, 6.07) is 17.4. The SMILES string of the molecule is COC(=O)[C@@H](C)Sc1nnc(-c2cccc(OC)c2)n1-c1ccccc1. The van der Waals surface area contributed by atoms with Crippen LogP contribution in [0.1, 0.15) is 6.92 Å². The number of para-hydroxylation sites is 1. The molecule has 3 rings (SSSR count). The number of nitrogens with zero attached hydrogens (tertiary/aromatic N) is 3. The van der Waals surface area contributed by atoms with Crippen LogP contribution in [0.2, 0.25) is 0 Å². The van der Waals surface area contributed by atoms with E-state index >= 15 is 0 Å². The van der Waals surface area contributed by atoms with Crippen molar-refractivity contribution >= 4 is 17.7 Å². The molecule has 0 radical (unpaired) electrons. The molecule has 2 aromatic carbocycles. The molecule has 3 aromatic rings. The third-order valence-electron chi connectivity index (χ3n) is 3.79. The van der Waals surface area contributed by atoms with Crippen LogP contribution < -0.4 is 4.74 Å². The molecule has 0 N–H and O–H groups in total. The molecule has 1 atom stereocenters. The smallest absolute Gasteiger partial charge is 0.318 e. The van der Waals surface area contributed by atoms with Crippen molar-refractivity contribution in [2.24, 2.45) is 0 Å². The first-order valence-corrected chi connectivity index (χ1v) is 8.91. The standard InChI is InChI=1S/C19H19N3O3S/c1-13(18(23)25-3)26-19-21-20-17(14-8-7-11-16(12-14)24-2)22(19)15-9-5-4-6-10-15/h4-13H,1-3H3/t13-/m1/s1. The summed E-state index contributed by atoms with van der Waals surface area (Å²) in [5.74, 6) is 1.11. The van der Waals surface area contributed by atoms with Crippen molar-refractivity contribution in [1.29, 1.82) is 0 Å². The number of thioether (sulfide) groups is 1. The van der Waals surface area contributed by atoms with Crippen LogP contribution in [0.15, 0.2) is 59.8 Å². The van der Waals surface area contributed by atoms with Gasteiger partial charge in [-0.25, -0.2) is 0 Å². The van der Waals surface area contributed by atoms with Crippen molar-refractivity contribution < 1.29 is 14.3 Å². The molecule has 0 aliphatic heterocycles. The summed E-state index contributed by atoms with van der Waals surface area (Å²) in [5.41, 5.74) is 1.79. The third-order valence-corrected chi connectivity index (χ3v) is 4.81. The zero-order valence-corrected chi connectivity index (χ0v) is 15.6. The number of carbonyl (C=O) groups is 1. The minimum atomic E-state index is -0.398. The number of ether oxygens (including phenoxy) is 2. The summed E-state index contributed by atoms with van der Waals surface area (Å²) >= 11 is 1.31. The quantitative estimate of drug-likeness (QED) is 0.489. The number of esters is 1. The second kappa shape index (κ2) is 8.05. The zero-order chi connectivity index (χ0) is 18.5. The fourth-order valence-electron chi connectivity index (χ4n) is 2.48. The van der Waals surface area contributed by atoms with E-state index in [2.05, 4.69) is 10.2 Å². The molecule has 0 aliphatic rings. The van der Waals surface area contributed by atoms with Crippen LogP contribution in [0.5, 0.6) is 5.75 Å². The van der Waals surface area contributed by atoms with Crippen molar-refractivity contribution in [1.82, 2.24) is 14.8 Å². The van der Waals surface area contributed by atoms with Crippen molar-refractivity contribution in [2.45, 2.75) is 17.3 Å². The highest BCUT2D eigenvalue weighted by molar-refractivity contribution is 8.00. The molecule has 1 heterocycles. The summed E-state index contributed by atoms with van der Waals surface area (Å²) in [5, 5.41) is 8.89. The van der Waals surface area contributed by atoms with E-state index in [0.717, 1.165) is 17.0 Å². The van der Waals surface area contributed by atoms with Crippen LogP contribution in [0, 0.1) is 0 Å². The van der Waals surface area contributed by atoms with Crippen molar-refractivity contribution in [3.63, 3.8) is 0 Å². The predicted molar refractivity (Wildman–Crippen MR) is 101 cm³/mol. The Hall–Kier alpha value is -2.80. The highest BCUT2D eigenvalue weighted by atomic mass is 32.2. The molecule has 0 amide bonds. The van der Waals surface area contributed by atoms with Crippen LogP contribution in [-0.4, -0.2) is 40.2 Å². The lowest BCUT2D eigenvalue weighted by Gasteiger charge is -2.12. The van der Waals surface area contributed by atoms with E-state index in [0.29, 0.717) is 11.0 Å². The fourth-order valence-corrected chi connectivity index (χ4v) is 3.37. The van der Waals surface area contributed by atoms with Gasteiger partial charge in [0.15, 0.2) is 11.0 Å². The first kappa shape index (κ1) is 18.0. The molecule has 1 aromatic heterocycles. The summed E-state index contributed by atoms with van der Waals surface area (Å²) in [6.45, 7) is 1.78. The van der Waals surface area contributed by atoms with Gasteiger partial charge in [-0.1, -0.05) is 42.1 Å². The van der Waals surface area contributed by atoms with Gasteiger partial charge >= 0.3 is 5.97 Å². The number of benzene rings is 2. The molecule has 7 heteroatoms. The summed E-state index contributed by atoms with van der Waals surface area (Å²) in [4.78, 5) is 11.8. The second-order valence-corrected chi connectivity index (χ2v) is 6.80. The molecule has 0 spiro atoms. The van der Waals surface area contributed by atoms with E-state index in [1.807, 2.05) is 59.2 Å². The van der Waals surface area contributed by atoms with Gasteiger partial charge in [-0.05, 0) is 31.2 Å². The number of hydrogen-bond acceptors (Lipinski definition) is 6. The van der Waals surface area contributed by atoms with Gasteiger partial charge in [-0.15, -0.1) is 10.2 Å². The lowest BCUT2D eigenvalue weighted by molar-refractivity contribution is -0.139. The fraction of sp³-hybridized carbons (Fsp3) is 0.211. The normalized spacial score (nSPS) is 11.8. The maximum absolute atomic E-state index is 11.8. The van der Waals surface area contributed by atoms with Gasteiger partial charge in [0.25, 0.3) is 0 Å². The Morgan fingerprint density at radius 2 is 1.85 bits per heavy atom. The minimum Gasteiger partial charge on any atom is -0.497 e. The number of hydrogen-bond donors (Lipinski definition) is 0. The largest absolute Gasteiger partial charge is 0.497 e. The van der Waals surface area contributed by atoms with E-state index in [-0.39, 0.29) is 5.97 Å². The van der Waals surface area contributed by atoms with Crippen LogP contribution in [0.3, 0.4) is 0 Å². The van der Waals surface area contributed by atoms with Crippen molar-refractivity contribution in [3.05, 3.63) is 54.6 Å². The maximum atomic E-state index is 11.8. The molecule has 0 fully saturated rings. The van der Waals surface area contributed by atoms with Crippen LogP contribution in [0.4, 0.5) is 0 Å². The van der Waals surface area contributed by atoms with E-state index in [9.17, 15) is 4.79 Å². The summed E-state index contributed by atoms with van der Waals surface area (Å²) in [6.07, 6.45) is 0. The molecule has 134 valence electrons. The number of methoxy groups -OCH3 is 2. The maximum Gasteiger partial charge on any atom is 0.318 e. The Kier molecular flexibility index (Phi) is 5.58. The van der Waals surface area contributed by atoms with Gasteiger partial charge in [-0.2, -0.15) is 0 Å². The average Bonchev–Trinajstić information content (AvgIpc) is 3.11. The molecule has 0 aliphatic carbocycles. The average molecular weight is 369 g/mol. The van der Waals surface area contributed by atoms with Gasteiger partial charge < -0.3 is 9.47 Å².